The van der Waals surface area contributed by atoms with Crippen molar-refractivity contribution < 1.29 is 4.74 Å². The molecule has 1 aliphatic heterocycles. The van der Waals surface area contributed by atoms with Gasteiger partial charge in [0, 0.05) is 31.0 Å². The summed E-state index contributed by atoms with van der Waals surface area (Å²) in [5.41, 5.74) is 0.960. The van der Waals surface area contributed by atoms with Gasteiger partial charge < -0.3 is 4.74 Å². The molecular formula is C11H13N3O. The molecule has 0 spiro atoms. The van der Waals surface area contributed by atoms with E-state index in [1.807, 2.05) is 12.1 Å². The maximum Gasteiger partial charge on any atom is 0.125 e. The highest BCUT2D eigenvalue weighted by atomic mass is 16.5. The molecule has 1 fully saturated rings. The molecule has 4 nitrogen and oxygen atoms in total. The van der Waals surface area contributed by atoms with E-state index in [2.05, 4.69) is 16.0 Å². The molecule has 0 bridgehead atoms. The van der Waals surface area contributed by atoms with Gasteiger partial charge in [-0.05, 0) is 6.07 Å². The Bertz CT molecular complexity index is 341. The van der Waals surface area contributed by atoms with Gasteiger partial charge in [0.1, 0.15) is 6.04 Å². The third-order valence-electron chi connectivity index (χ3n) is 2.53. The molecule has 1 atom stereocenters. The summed E-state index contributed by atoms with van der Waals surface area (Å²) in [6, 6.07) is 5.93. The number of hydrogen-bond donors (Lipinski definition) is 0. The van der Waals surface area contributed by atoms with Gasteiger partial charge in [-0.1, -0.05) is 6.07 Å². The highest BCUT2D eigenvalue weighted by Gasteiger charge is 2.21. The molecule has 0 radical (unpaired) electrons. The maximum atomic E-state index is 9.17. The molecule has 1 aliphatic rings. The normalized spacial score (nSPS) is 19.4. The molecule has 2 heterocycles. The summed E-state index contributed by atoms with van der Waals surface area (Å²) in [4.78, 5) is 6.16. The van der Waals surface area contributed by atoms with Crippen LogP contribution in [0.2, 0.25) is 0 Å². The molecule has 0 N–H and O–H groups in total. The van der Waals surface area contributed by atoms with E-state index in [9.17, 15) is 5.26 Å². The van der Waals surface area contributed by atoms with Crippen LogP contribution in [0.25, 0.3) is 0 Å². The molecule has 1 aromatic heterocycles. The van der Waals surface area contributed by atoms with Gasteiger partial charge >= 0.3 is 0 Å². The van der Waals surface area contributed by atoms with Gasteiger partial charge in [0.2, 0.25) is 0 Å². The van der Waals surface area contributed by atoms with E-state index in [4.69, 9.17) is 4.74 Å². The van der Waals surface area contributed by atoms with Crippen molar-refractivity contribution in [2.45, 2.75) is 6.04 Å². The lowest BCUT2D eigenvalue weighted by molar-refractivity contribution is 0.0266. The van der Waals surface area contributed by atoms with Crippen molar-refractivity contribution in [2.24, 2.45) is 0 Å². The van der Waals surface area contributed by atoms with E-state index in [1.165, 1.54) is 0 Å². The summed E-state index contributed by atoms with van der Waals surface area (Å²) < 4.78 is 5.26. The Balaban J connectivity index is 2.14. The number of pyridine rings is 1. The Kier molecular flexibility index (Phi) is 3.28. The first-order chi connectivity index (χ1) is 7.42. The van der Waals surface area contributed by atoms with Crippen LogP contribution in [0.3, 0.4) is 0 Å². The number of nitrogens with zero attached hydrogens (tertiary/aromatic N) is 3. The molecule has 78 valence electrons. The Morgan fingerprint density at radius 2 is 2.27 bits per heavy atom. The minimum absolute atomic E-state index is 0.192. The molecule has 2 rings (SSSR count). The Morgan fingerprint density at radius 3 is 2.87 bits per heavy atom. The lowest BCUT2D eigenvalue weighted by Gasteiger charge is -2.30. The van der Waals surface area contributed by atoms with E-state index < -0.39 is 0 Å². The molecular weight excluding hydrogens is 190 g/mol. The maximum absolute atomic E-state index is 9.17. The van der Waals surface area contributed by atoms with Crippen LogP contribution < -0.4 is 0 Å². The summed E-state index contributed by atoms with van der Waals surface area (Å²) >= 11 is 0. The molecule has 0 amide bonds. The largest absolute Gasteiger partial charge is 0.379 e. The zero-order valence-electron chi connectivity index (χ0n) is 8.47. The second kappa shape index (κ2) is 4.87. The topological polar surface area (TPSA) is 49.2 Å². The highest BCUT2D eigenvalue weighted by Crippen LogP contribution is 2.19. The first-order valence-electron chi connectivity index (χ1n) is 5.03. The fourth-order valence-electron chi connectivity index (χ4n) is 1.74. The second-order valence-electron chi connectivity index (χ2n) is 3.47. The van der Waals surface area contributed by atoms with Crippen molar-refractivity contribution >= 4 is 0 Å². The first-order valence-corrected chi connectivity index (χ1v) is 5.03. The highest BCUT2D eigenvalue weighted by molar-refractivity contribution is 5.20. The number of ether oxygens (including phenoxy) is 1. The van der Waals surface area contributed by atoms with Crippen molar-refractivity contribution in [3.8, 4) is 6.07 Å². The van der Waals surface area contributed by atoms with Crippen LogP contribution in [-0.2, 0) is 4.74 Å². The quantitative estimate of drug-likeness (QED) is 0.719. The summed E-state index contributed by atoms with van der Waals surface area (Å²) in [6.45, 7) is 3.04. The van der Waals surface area contributed by atoms with E-state index in [0.29, 0.717) is 13.2 Å². The molecule has 15 heavy (non-hydrogen) atoms. The number of morpholine rings is 1. The van der Waals surface area contributed by atoms with Gasteiger partial charge in [-0.25, -0.2) is 0 Å². The summed E-state index contributed by atoms with van der Waals surface area (Å²) in [6.07, 6.45) is 3.47. The van der Waals surface area contributed by atoms with Crippen molar-refractivity contribution in [2.75, 3.05) is 26.3 Å². The standard InChI is InChI=1S/C11H13N3O/c12-8-11(10-2-1-3-13-9-10)14-4-6-15-7-5-14/h1-3,9,11H,4-7H2/t11-/m0/s1. The molecule has 0 unspecified atom stereocenters. The van der Waals surface area contributed by atoms with Crippen LogP contribution in [0.5, 0.6) is 0 Å². The van der Waals surface area contributed by atoms with Crippen molar-refractivity contribution in [1.82, 2.24) is 9.88 Å². The average Bonchev–Trinajstić information content (AvgIpc) is 2.33. The molecule has 1 aromatic rings. The van der Waals surface area contributed by atoms with E-state index >= 15 is 0 Å². The zero-order chi connectivity index (χ0) is 10.5. The van der Waals surface area contributed by atoms with Crippen LogP contribution in [0, 0.1) is 11.3 Å². The van der Waals surface area contributed by atoms with Gasteiger partial charge in [0.15, 0.2) is 0 Å². The average molecular weight is 203 g/mol. The SMILES string of the molecule is N#C[C@@H](c1cccnc1)N1CCOCC1. The number of hydrogen-bond acceptors (Lipinski definition) is 4. The lowest BCUT2D eigenvalue weighted by Crippen LogP contribution is -2.38. The minimum Gasteiger partial charge on any atom is -0.379 e. The monoisotopic (exact) mass is 203 g/mol. The molecule has 4 heteroatoms. The predicted octanol–water partition coefficient (Wildman–Crippen LogP) is 0.978. The van der Waals surface area contributed by atoms with Gasteiger partial charge in [0.05, 0.1) is 19.3 Å². The minimum atomic E-state index is -0.192. The molecule has 0 aromatic carbocycles. The van der Waals surface area contributed by atoms with Crippen molar-refractivity contribution in [1.29, 1.82) is 5.26 Å². The van der Waals surface area contributed by atoms with Crippen molar-refractivity contribution in [3.05, 3.63) is 30.1 Å². The van der Waals surface area contributed by atoms with Crippen molar-refractivity contribution in [3.63, 3.8) is 0 Å². The van der Waals surface area contributed by atoms with Crippen LogP contribution >= 0.6 is 0 Å². The third-order valence-corrected chi connectivity index (χ3v) is 2.53. The van der Waals surface area contributed by atoms with Gasteiger partial charge in [-0.2, -0.15) is 5.26 Å². The van der Waals surface area contributed by atoms with Crippen LogP contribution in [0.4, 0.5) is 0 Å². The predicted molar refractivity (Wildman–Crippen MR) is 55.0 cm³/mol. The molecule has 1 saturated heterocycles. The summed E-state index contributed by atoms with van der Waals surface area (Å²) in [7, 11) is 0. The number of aromatic nitrogens is 1. The number of nitriles is 1. The van der Waals surface area contributed by atoms with Gasteiger partial charge in [0.25, 0.3) is 0 Å². The third kappa shape index (κ3) is 2.32. The number of rotatable bonds is 2. The van der Waals surface area contributed by atoms with Crippen LogP contribution in [0.1, 0.15) is 11.6 Å². The molecule has 0 saturated carbocycles. The second-order valence-corrected chi connectivity index (χ2v) is 3.47. The van der Waals surface area contributed by atoms with Crippen LogP contribution in [-0.4, -0.2) is 36.2 Å². The lowest BCUT2D eigenvalue weighted by atomic mass is 10.1. The van der Waals surface area contributed by atoms with Crippen LogP contribution in [0.15, 0.2) is 24.5 Å². The Labute approximate surface area is 89.1 Å². The Morgan fingerprint density at radius 1 is 1.47 bits per heavy atom. The zero-order valence-corrected chi connectivity index (χ0v) is 8.47. The fraction of sp³-hybridized carbons (Fsp3) is 0.455. The Hall–Kier alpha value is -1.44. The fourth-order valence-corrected chi connectivity index (χ4v) is 1.74. The first kappa shape index (κ1) is 10.1. The van der Waals surface area contributed by atoms with Gasteiger partial charge in [-0.15, -0.1) is 0 Å². The van der Waals surface area contributed by atoms with E-state index in [0.717, 1.165) is 18.7 Å². The molecule has 0 aliphatic carbocycles. The van der Waals surface area contributed by atoms with Gasteiger partial charge in [-0.3, -0.25) is 9.88 Å². The van der Waals surface area contributed by atoms with E-state index in [1.54, 1.807) is 12.4 Å². The smallest absolute Gasteiger partial charge is 0.125 e. The summed E-state index contributed by atoms with van der Waals surface area (Å²) in [5.74, 6) is 0. The van der Waals surface area contributed by atoms with E-state index in [-0.39, 0.29) is 6.04 Å². The summed E-state index contributed by atoms with van der Waals surface area (Å²) in [5, 5.41) is 9.17.